The van der Waals surface area contributed by atoms with Crippen molar-refractivity contribution in [1.82, 2.24) is 9.29 Å². The van der Waals surface area contributed by atoms with Crippen LogP contribution in [0.3, 0.4) is 0 Å². The maximum Gasteiger partial charge on any atom is 0.301 e. The number of aromatic nitrogens is 1. The van der Waals surface area contributed by atoms with Crippen LogP contribution in [0.15, 0.2) is 30.3 Å². The summed E-state index contributed by atoms with van der Waals surface area (Å²) < 4.78 is 28.2. The zero-order chi connectivity index (χ0) is 15.5. The lowest BCUT2D eigenvalue weighted by Gasteiger charge is -2.18. The number of nitrogens with zero attached hydrogens (tertiary/aromatic N) is 2. The van der Waals surface area contributed by atoms with Crippen molar-refractivity contribution in [3.8, 4) is 0 Å². The van der Waals surface area contributed by atoms with E-state index in [0.29, 0.717) is 17.6 Å². The highest BCUT2D eigenvalue weighted by Crippen LogP contribution is 2.23. The monoisotopic (exact) mass is 309 g/mol. The molecule has 6 nitrogen and oxygen atoms in total. The molecule has 1 heterocycles. The Morgan fingerprint density at radius 2 is 2.05 bits per heavy atom. The average Bonchev–Trinajstić information content (AvgIpc) is 2.45. The van der Waals surface area contributed by atoms with Crippen LogP contribution in [-0.4, -0.2) is 43.0 Å². The zero-order valence-corrected chi connectivity index (χ0v) is 12.9. The molecule has 1 aromatic heterocycles. The normalized spacial score (nSPS) is 12.0. The van der Waals surface area contributed by atoms with E-state index in [1.54, 1.807) is 12.1 Å². The molecule has 7 heteroatoms. The molecule has 0 aliphatic heterocycles. The van der Waals surface area contributed by atoms with Crippen molar-refractivity contribution in [2.75, 3.05) is 24.9 Å². The molecule has 1 aromatic carbocycles. The lowest BCUT2D eigenvalue weighted by Crippen LogP contribution is -2.33. The number of aliphatic hydroxyl groups is 1. The average molecular weight is 309 g/mol. The number of fused-ring (bicyclic) bond motifs is 1. The molecule has 0 aliphatic carbocycles. The van der Waals surface area contributed by atoms with Gasteiger partial charge in [-0.05, 0) is 25.5 Å². The Labute approximate surface area is 124 Å². The zero-order valence-electron chi connectivity index (χ0n) is 12.1. The van der Waals surface area contributed by atoms with Gasteiger partial charge < -0.3 is 5.11 Å². The van der Waals surface area contributed by atoms with Gasteiger partial charge in [-0.25, -0.2) is 0 Å². The Kier molecular flexibility index (Phi) is 4.76. The molecule has 0 atom stereocenters. The van der Waals surface area contributed by atoms with E-state index in [1.807, 2.05) is 25.1 Å². The Morgan fingerprint density at radius 3 is 2.76 bits per heavy atom. The molecule has 0 saturated heterocycles. The minimum Gasteiger partial charge on any atom is -0.396 e. The van der Waals surface area contributed by atoms with Crippen molar-refractivity contribution in [3.63, 3.8) is 0 Å². The third-order valence-corrected chi connectivity index (χ3v) is 4.62. The SMILES string of the molecule is Cc1ccc2cccc(NS(=O)(=O)N(C)CCCO)c2n1. The topological polar surface area (TPSA) is 82.5 Å². The molecule has 2 aromatic rings. The molecular formula is C14H19N3O3S. The molecule has 0 spiro atoms. The van der Waals surface area contributed by atoms with Gasteiger partial charge in [0.15, 0.2) is 0 Å². The van der Waals surface area contributed by atoms with E-state index in [9.17, 15) is 8.42 Å². The molecule has 2 rings (SSSR count). The summed E-state index contributed by atoms with van der Waals surface area (Å²) in [6.45, 7) is 2.07. The van der Waals surface area contributed by atoms with Crippen LogP contribution in [0, 0.1) is 6.92 Å². The summed E-state index contributed by atoms with van der Waals surface area (Å²) in [7, 11) is -2.18. The molecule has 0 fully saturated rings. The highest BCUT2D eigenvalue weighted by atomic mass is 32.2. The Bertz CT molecular complexity index is 731. The van der Waals surface area contributed by atoms with Crippen molar-refractivity contribution >= 4 is 26.8 Å². The predicted octanol–water partition coefficient (Wildman–Crippen LogP) is 1.51. The highest BCUT2D eigenvalue weighted by molar-refractivity contribution is 7.90. The molecule has 0 amide bonds. The van der Waals surface area contributed by atoms with Crippen molar-refractivity contribution in [2.45, 2.75) is 13.3 Å². The first-order valence-corrected chi connectivity index (χ1v) is 8.09. The van der Waals surface area contributed by atoms with Gasteiger partial charge in [0.1, 0.15) is 0 Å². The second-order valence-electron chi connectivity index (χ2n) is 4.84. The molecule has 0 aliphatic rings. The number of hydrogen-bond donors (Lipinski definition) is 2. The molecule has 21 heavy (non-hydrogen) atoms. The van der Waals surface area contributed by atoms with Crippen molar-refractivity contribution in [1.29, 1.82) is 0 Å². The smallest absolute Gasteiger partial charge is 0.301 e. The van der Waals surface area contributed by atoms with Gasteiger partial charge in [0.25, 0.3) is 0 Å². The molecule has 2 N–H and O–H groups in total. The Balaban J connectivity index is 2.33. The van der Waals surface area contributed by atoms with E-state index in [2.05, 4.69) is 9.71 Å². The molecule has 114 valence electrons. The van der Waals surface area contributed by atoms with E-state index < -0.39 is 10.2 Å². The number of rotatable bonds is 6. The van der Waals surface area contributed by atoms with Crippen LogP contribution in [0.4, 0.5) is 5.69 Å². The van der Waals surface area contributed by atoms with Gasteiger partial charge in [-0.3, -0.25) is 9.71 Å². The quantitative estimate of drug-likeness (QED) is 0.847. The fraction of sp³-hybridized carbons (Fsp3) is 0.357. The second-order valence-corrected chi connectivity index (χ2v) is 6.61. The van der Waals surface area contributed by atoms with E-state index in [1.165, 1.54) is 11.4 Å². The molecule has 0 radical (unpaired) electrons. The fourth-order valence-corrected chi connectivity index (χ4v) is 2.93. The second kappa shape index (κ2) is 6.38. The first-order chi connectivity index (χ1) is 9.94. The Hall–Kier alpha value is -1.70. The van der Waals surface area contributed by atoms with Crippen molar-refractivity contribution in [3.05, 3.63) is 36.0 Å². The van der Waals surface area contributed by atoms with Crippen LogP contribution in [0.1, 0.15) is 12.1 Å². The lowest BCUT2D eigenvalue weighted by molar-refractivity contribution is 0.276. The number of anilines is 1. The Morgan fingerprint density at radius 1 is 1.29 bits per heavy atom. The number of aliphatic hydroxyl groups excluding tert-OH is 1. The predicted molar refractivity (Wildman–Crippen MR) is 83.4 cm³/mol. The fourth-order valence-electron chi connectivity index (χ4n) is 1.96. The van der Waals surface area contributed by atoms with Gasteiger partial charge in [0.05, 0.1) is 11.2 Å². The number of nitrogens with one attached hydrogen (secondary N) is 1. The van der Waals surface area contributed by atoms with E-state index in [-0.39, 0.29) is 13.2 Å². The van der Waals surface area contributed by atoms with E-state index in [0.717, 1.165) is 11.1 Å². The third kappa shape index (κ3) is 3.69. The van der Waals surface area contributed by atoms with Crippen molar-refractivity contribution in [2.24, 2.45) is 0 Å². The van der Waals surface area contributed by atoms with E-state index in [4.69, 9.17) is 5.11 Å². The number of hydrogen-bond acceptors (Lipinski definition) is 4. The van der Waals surface area contributed by atoms with Crippen LogP contribution in [-0.2, 0) is 10.2 Å². The molecular weight excluding hydrogens is 290 g/mol. The minimum absolute atomic E-state index is 0.0467. The first kappa shape index (κ1) is 15.7. The van der Waals surface area contributed by atoms with Gasteiger partial charge in [0, 0.05) is 31.3 Å². The van der Waals surface area contributed by atoms with Crippen LogP contribution in [0.5, 0.6) is 0 Å². The maximum absolute atomic E-state index is 12.2. The van der Waals surface area contributed by atoms with Crippen molar-refractivity contribution < 1.29 is 13.5 Å². The van der Waals surface area contributed by atoms with Gasteiger partial charge in [-0.2, -0.15) is 12.7 Å². The van der Waals surface area contributed by atoms with Gasteiger partial charge in [-0.1, -0.05) is 18.2 Å². The summed E-state index contributed by atoms with van der Waals surface area (Å²) in [5.74, 6) is 0. The highest BCUT2D eigenvalue weighted by Gasteiger charge is 2.18. The lowest BCUT2D eigenvalue weighted by atomic mass is 10.2. The number of pyridine rings is 1. The molecule has 0 bridgehead atoms. The van der Waals surface area contributed by atoms with Gasteiger partial charge >= 0.3 is 10.2 Å². The molecule has 0 unspecified atom stereocenters. The summed E-state index contributed by atoms with van der Waals surface area (Å²) in [6.07, 6.45) is 0.393. The summed E-state index contributed by atoms with van der Waals surface area (Å²) in [5.41, 5.74) is 1.89. The minimum atomic E-state index is -3.66. The third-order valence-electron chi connectivity index (χ3n) is 3.14. The summed E-state index contributed by atoms with van der Waals surface area (Å²) >= 11 is 0. The van der Waals surface area contributed by atoms with Crippen LogP contribution in [0.2, 0.25) is 0 Å². The summed E-state index contributed by atoms with van der Waals surface area (Å²) in [6, 6.07) is 9.14. The van der Waals surface area contributed by atoms with Crippen LogP contribution in [0.25, 0.3) is 10.9 Å². The summed E-state index contributed by atoms with van der Waals surface area (Å²) in [4.78, 5) is 4.40. The number of benzene rings is 1. The molecule has 0 saturated carbocycles. The standard InChI is InChI=1S/C14H19N3O3S/c1-11-7-8-12-5-3-6-13(14(12)15-11)16-21(19,20)17(2)9-4-10-18/h3,5-8,16,18H,4,9-10H2,1-2H3. The van der Waals surface area contributed by atoms with Crippen LogP contribution < -0.4 is 4.72 Å². The van der Waals surface area contributed by atoms with E-state index >= 15 is 0 Å². The van der Waals surface area contributed by atoms with Gasteiger partial charge in [-0.15, -0.1) is 0 Å². The first-order valence-electron chi connectivity index (χ1n) is 6.65. The van der Waals surface area contributed by atoms with Gasteiger partial charge in [0.2, 0.25) is 0 Å². The number of para-hydroxylation sites is 1. The maximum atomic E-state index is 12.2. The largest absolute Gasteiger partial charge is 0.396 e. The number of aryl methyl sites for hydroxylation is 1. The summed E-state index contributed by atoms with van der Waals surface area (Å²) in [5, 5.41) is 9.66. The van der Waals surface area contributed by atoms with Crippen LogP contribution >= 0.6 is 0 Å².